The van der Waals surface area contributed by atoms with Gasteiger partial charge in [0.1, 0.15) is 5.82 Å². The SMILES string of the molecule is Cc1cc(/C=C2\SC(=Nc3ccc(F)cc3)NC2=O)c(C)n1-c1ccc(S(N)(=O)=O)cc1. The molecular formula is C22H19FN4O3S2. The highest BCUT2D eigenvalue weighted by Gasteiger charge is 2.24. The van der Waals surface area contributed by atoms with Gasteiger partial charge in [0.2, 0.25) is 10.0 Å². The topological polar surface area (TPSA) is 107 Å². The van der Waals surface area contributed by atoms with Crippen molar-refractivity contribution in [3.05, 3.63) is 82.3 Å². The number of amides is 1. The lowest BCUT2D eigenvalue weighted by molar-refractivity contribution is -0.115. The summed E-state index contributed by atoms with van der Waals surface area (Å²) in [5, 5.41) is 8.30. The number of hydrogen-bond donors (Lipinski definition) is 2. The van der Waals surface area contributed by atoms with Gasteiger partial charge in [0.25, 0.3) is 5.91 Å². The molecule has 0 saturated carbocycles. The molecule has 0 spiro atoms. The second-order valence-electron chi connectivity index (χ2n) is 7.16. The molecule has 2 aromatic carbocycles. The number of aromatic nitrogens is 1. The number of nitrogens with two attached hydrogens (primary N) is 1. The second kappa shape index (κ2) is 8.38. The summed E-state index contributed by atoms with van der Waals surface area (Å²) in [6.07, 6.45) is 1.78. The molecule has 0 unspecified atom stereocenters. The Hall–Kier alpha value is -3.21. The van der Waals surface area contributed by atoms with Gasteiger partial charge in [0.15, 0.2) is 5.17 Å². The van der Waals surface area contributed by atoms with Gasteiger partial charge in [-0.2, -0.15) is 0 Å². The van der Waals surface area contributed by atoms with Crippen LogP contribution in [0.25, 0.3) is 11.8 Å². The number of sulfonamides is 1. The normalized spacial score (nSPS) is 16.7. The number of hydrogen-bond acceptors (Lipinski definition) is 5. The molecule has 7 nitrogen and oxygen atoms in total. The number of carbonyl (C=O) groups excluding carboxylic acids is 1. The van der Waals surface area contributed by atoms with E-state index < -0.39 is 10.0 Å². The number of amidine groups is 1. The minimum Gasteiger partial charge on any atom is -0.318 e. The van der Waals surface area contributed by atoms with Crippen LogP contribution in [0, 0.1) is 19.7 Å². The molecule has 1 saturated heterocycles. The minimum absolute atomic E-state index is 0.0399. The van der Waals surface area contributed by atoms with E-state index in [9.17, 15) is 17.6 Å². The Kier molecular flexibility index (Phi) is 5.76. The average molecular weight is 471 g/mol. The van der Waals surface area contributed by atoms with E-state index >= 15 is 0 Å². The molecule has 0 atom stereocenters. The maximum Gasteiger partial charge on any atom is 0.264 e. The molecule has 10 heteroatoms. The maximum absolute atomic E-state index is 13.1. The lowest BCUT2D eigenvalue weighted by Crippen LogP contribution is -2.19. The number of primary sulfonamides is 1. The summed E-state index contributed by atoms with van der Waals surface area (Å²) in [7, 11) is -3.76. The van der Waals surface area contributed by atoms with Crippen molar-refractivity contribution in [2.24, 2.45) is 10.1 Å². The summed E-state index contributed by atoms with van der Waals surface area (Å²) in [4.78, 5) is 17.3. The third-order valence-electron chi connectivity index (χ3n) is 4.89. The van der Waals surface area contributed by atoms with Gasteiger partial charge in [0, 0.05) is 17.1 Å². The first-order valence-corrected chi connectivity index (χ1v) is 11.9. The summed E-state index contributed by atoms with van der Waals surface area (Å²) >= 11 is 1.20. The Labute approximate surface area is 188 Å². The minimum atomic E-state index is -3.76. The van der Waals surface area contributed by atoms with E-state index in [0.29, 0.717) is 15.8 Å². The third-order valence-corrected chi connectivity index (χ3v) is 6.73. The monoisotopic (exact) mass is 470 g/mol. The molecule has 1 aromatic heterocycles. The molecule has 4 rings (SSSR count). The number of nitrogens with one attached hydrogen (secondary N) is 1. The lowest BCUT2D eigenvalue weighted by Gasteiger charge is -2.10. The number of rotatable bonds is 4. The molecular weight excluding hydrogens is 451 g/mol. The maximum atomic E-state index is 13.1. The summed E-state index contributed by atoms with van der Waals surface area (Å²) < 4.78 is 38.0. The average Bonchev–Trinajstić information content (AvgIpc) is 3.21. The standard InChI is InChI=1S/C22H19FN4O3S2/c1-13-11-15(14(2)27(13)18-7-9-19(10-8-18)32(24,29)30)12-20-21(28)26-22(31-20)25-17-5-3-16(23)4-6-17/h3-12H,1-2H3,(H2,24,29,30)(H,25,26,28)/b20-12-. The molecule has 0 aliphatic carbocycles. The van der Waals surface area contributed by atoms with E-state index in [1.54, 1.807) is 18.2 Å². The van der Waals surface area contributed by atoms with Crippen LogP contribution in [0.2, 0.25) is 0 Å². The molecule has 32 heavy (non-hydrogen) atoms. The van der Waals surface area contributed by atoms with Crippen LogP contribution in [0.1, 0.15) is 17.0 Å². The predicted molar refractivity (Wildman–Crippen MR) is 124 cm³/mol. The smallest absolute Gasteiger partial charge is 0.264 e. The third kappa shape index (κ3) is 4.52. The van der Waals surface area contributed by atoms with Gasteiger partial charge in [-0.25, -0.2) is 22.9 Å². The molecule has 3 aromatic rings. The molecule has 1 aliphatic rings. The number of carbonyl (C=O) groups is 1. The molecule has 3 N–H and O–H groups in total. The zero-order chi connectivity index (χ0) is 23.0. The number of halogens is 1. The molecule has 2 heterocycles. The first-order chi connectivity index (χ1) is 15.1. The van der Waals surface area contributed by atoms with Gasteiger partial charge >= 0.3 is 0 Å². The number of thioether (sulfide) groups is 1. The van der Waals surface area contributed by atoms with Gasteiger partial charge in [0.05, 0.1) is 15.5 Å². The van der Waals surface area contributed by atoms with Gasteiger partial charge in [-0.15, -0.1) is 0 Å². The Morgan fingerprint density at radius 1 is 1.09 bits per heavy atom. The van der Waals surface area contributed by atoms with Crippen molar-refractivity contribution >= 4 is 44.6 Å². The first kappa shape index (κ1) is 22.0. The molecule has 0 radical (unpaired) electrons. The highest BCUT2D eigenvalue weighted by atomic mass is 32.2. The first-order valence-electron chi connectivity index (χ1n) is 9.49. The van der Waals surface area contributed by atoms with E-state index in [1.807, 2.05) is 24.5 Å². The highest BCUT2D eigenvalue weighted by molar-refractivity contribution is 8.18. The van der Waals surface area contributed by atoms with Crippen molar-refractivity contribution in [1.29, 1.82) is 0 Å². The van der Waals surface area contributed by atoms with Crippen LogP contribution in [0.4, 0.5) is 10.1 Å². The fourth-order valence-electron chi connectivity index (χ4n) is 3.37. The van der Waals surface area contributed by atoms with E-state index in [2.05, 4.69) is 10.3 Å². The van der Waals surface area contributed by atoms with Crippen LogP contribution in [0.15, 0.2) is 69.4 Å². The van der Waals surface area contributed by atoms with Crippen molar-refractivity contribution in [2.75, 3.05) is 0 Å². The van der Waals surface area contributed by atoms with Crippen LogP contribution in [-0.4, -0.2) is 24.1 Å². The molecule has 164 valence electrons. The van der Waals surface area contributed by atoms with E-state index in [0.717, 1.165) is 22.6 Å². The Morgan fingerprint density at radius 3 is 2.38 bits per heavy atom. The summed E-state index contributed by atoms with van der Waals surface area (Å²) in [5.74, 6) is -0.620. The molecule has 1 aliphatic heterocycles. The van der Waals surface area contributed by atoms with E-state index in [4.69, 9.17) is 5.14 Å². The Balaban J connectivity index is 1.62. The van der Waals surface area contributed by atoms with Crippen LogP contribution < -0.4 is 10.5 Å². The van der Waals surface area contributed by atoms with Gasteiger partial charge in [-0.3, -0.25) is 4.79 Å². The predicted octanol–water partition coefficient (Wildman–Crippen LogP) is 3.77. The number of benzene rings is 2. The zero-order valence-corrected chi connectivity index (χ0v) is 18.8. The molecule has 1 fully saturated rings. The Morgan fingerprint density at radius 2 is 1.75 bits per heavy atom. The van der Waals surface area contributed by atoms with Crippen molar-refractivity contribution in [2.45, 2.75) is 18.7 Å². The van der Waals surface area contributed by atoms with Gasteiger partial charge < -0.3 is 9.88 Å². The quantitative estimate of drug-likeness (QED) is 0.566. The van der Waals surface area contributed by atoms with Gasteiger partial charge in [-0.1, -0.05) is 0 Å². The van der Waals surface area contributed by atoms with Crippen LogP contribution in [-0.2, 0) is 14.8 Å². The second-order valence-corrected chi connectivity index (χ2v) is 9.75. The van der Waals surface area contributed by atoms with Crippen LogP contribution in [0.3, 0.4) is 0 Å². The number of nitrogens with zero attached hydrogens (tertiary/aromatic N) is 2. The fraction of sp³-hybridized carbons (Fsp3) is 0.0909. The summed E-state index contributed by atoms with van der Waals surface area (Å²) in [5.41, 5.74) is 3.96. The fourth-order valence-corrected chi connectivity index (χ4v) is 4.72. The Bertz CT molecular complexity index is 1370. The van der Waals surface area contributed by atoms with E-state index in [-0.39, 0.29) is 16.6 Å². The summed E-state index contributed by atoms with van der Waals surface area (Å²) in [6, 6.07) is 13.9. The molecule has 1 amide bonds. The number of aliphatic imine (C=N–C) groups is 1. The van der Waals surface area contributed by atoms with E-state index in [1.165, 1.54) is 48.2 Å². The van der Waals surface area contributed by atoms with Crippen molar-refractivity contribution < 1.29 is 17.6 Å². The number of aryl methyl sites for hydroxylation is 1. The highest BCUT2D eigenvalue weighted by Crippen LogP contribution is 2.30. The zero-order valence-electron chi connectivity index (χ0n) is 17.2. The van der Waals surface area contributed by atoms with Crippen LogP contribution in [0.5, 0.6) is 0 Å². The van der Waals surface area contributed by atoms with Crippen molar-refractivity contribution in [3.8, 4) is 5.69 Å². The lowest BCUT2D eigenvalue weighted by atomic mass is 10.2. The largest absolute Gasteiger partial charge is 0.318 e. The molecule has 0 bridgehead atoms. The van der Waals surface area contributed by atoms with Crippen molar-refractivity contribution in [3.63, 3.8) is 0 Å². The van der Waals surface area contributed by atoms with Gasteiger partial charge in [-0.05, 0) is 91.8 Å². The summed E-state index contributed by atoms with van der Waals surface area (Å²) in [6.45, 7) is 3.84. The van der Waals surface area contributed by atoms with Crippen LogP contribution >= 0.6 is 11.8 Å². The van der Waals surface area contributed by atoms with Crippen molar-refractivity contribution in [1.82, 2.24) is 9.88 Å².